The number of ketones is 1. The van der Waals surface area contributed by atoms with Crippen LogP contribution in [0.3, 0.4) is 0 Å². The minimum absolute atomic E-state index is 0.0317. The smallest absolute Gasteiger partial charge is 0.135 e. The molecule has 0 amide bonds. The van der Waals surface area contributed by atoms with Gasteiger partial charge in [-0.2, -0.15) is 0 Å². The molecular formula is C13H16F2O. The van der Waals surface area contributed by atoms with E-state index in [4.69, 9.17) is 0 Å². The molecule has 0 aliphatic rings. The zero-order valence-corrected chi connectivity index (χ0v) is 9.59. The van der Waals surface area contributed by atoms with Crippen molar-refractivity contribution >= 4 is 5.78 Å². The molecule has 0 aliphatic heterocycles. The van der Waals surface area contributed by atoms with Gasteiger partial charge in [-0.25, -0.2) is 8.78 Å². The van der Waals surface area contributed by atoms with Crippen LogP contribution in [-0.4, -0.2) is 5.78 Å². The average Bonchev–Trinajstić information content (AvgIpc) is 2.15. The second-order valence-corrected chi connectivity index (χ2v) is 4.25. The van der Waals surface area contributed by atoms with Crippen molar-refractivity contribution in [1.82, 2.24) is 0 Å². The van der Waals surface area contributed by atoms with Crippen molar-refractivity contribution in [2.45, 2.75) is 33.1 Å². The Kier molecular flexibility index (Phi) is 4.59. The highest BCUT2D eigenvalue weighted by atomic mass is 19.1. The van der Waals surface area contributed by atoms with E-state index in [1.807, 2.05) is 13.8 Å². The molecule has 0 N–H and O–H groups in total. The first-order valence-corrected chi connectivity index (χ1v) is 5.46. The highest BCUT2D eigenvalue weighted by molar-refractivity contribution is 5.80. The first kappa shape index (κ1) is 12.8. The van der Waals surface area contributed by atoms with E-state index in [-0.39, 0.29) is 11.7 Å². The molecule has 1 rings (SSSR count). The predicted octanol–water partition coefficient (Wildman–Crippen LogP) is 3.51. The monoisotopic (exact) mass is 226 g/mol. The zero-order valence-electron chi connectivity index (χ0n) is 9.59. The van der Waals surface area contributed by atoms with Crippen molar-refractivity contribution in [1.29, 1.82) is 0 Å². The van der Waals surface area contributed by atoms with E-state index in [2.05, 4.69) is 0 Å². The van der Waals surface area contributed by atoms with Crippen LogP contribution in [0.15, 0.2) is 18.2 Å². The van der Waals surface area contributed by atoms with Crippen LogP contribution in [0.25, 0.3) is 0 Å². The number of benzene rings is 1. The summed E-state index contributed by atoms with van der Waals surface area (Å²) < 4.78 is 25.7. The van der Waals surface area contributed by atoms with Gasteiger partial charge in [0.25, 0.3) is 0 Å². The van der Waals surface area contributed by atoms with Crippen molar-refractivity contribution in [2.75, 3.05) is 0 Å². The molecule has 88 valence electrons. The zero-order chi connectivity index (χ0) is 12.1. The van der Waals surface area contributed by atoms with Gasteiger partial charge in [0.2, 0.25) is 0 Å². The summed E-state index contributed by atoms with van der Waals surface area (Å²) in [4.78, 5) is 11.3. The lowest BCUT2D eigenvalue weighted by atomic mass is 10.0. The largest absolute Gasteiger partial charge is 0.299 e. The van der Waals surface area contributed by atoms with Crippen LogP contribution in [0.1, 0.15) is 32.3 Å². The molecule has 1 aromatic carbocycles. The van der Waals surface area contributed by atoms with E-state index < -0.39 is 11.6 Å². The quantitative estimate of drug-likeness (QED) is 0.750. The molecule has 0 saturated heterocycles. The summed E-state index contributed by atoms with van der Waals surface area (Å²) in [6.07, 6.45) is 1.64. The van der Waals surface area contributed by atoms with Crippen LogP contribution >= 0.6 is 0 Å². The maximum atomic E-state index is 12.8. The lowest BCUT2D eigenvalue weighted by Gasteiger charge is -2.04. The van der Waals surface area contributed by atoms with Gasteiger partial charge in [-0.3, -0.25) is 4.79 Å². The Morgan fingerprint density at radius 3 is 2.25 bits per heavy atom. The van der Waals surface area contributed by atoms with Crippen molar-refractivity contribution in [3.05, 3.63) is 35.4 Å². The van der Waals surface area contributed by atoms with E-state index >= 15 is 0 Å². The molecule has 16 heavy (non-hydrogen) atoms. The van der Waals surface area contributed by atoms with E-state index in [0.29, 0.717) is 24.8 Å². The van der Waals surface area contributed by atoms with E-state index in [9.17, 15) is 13.6 Å². The molecule has 1 nitrogen and oxygen atoms in total. The summed E-state index contributed by atoms with van der Waals surface area (Å²) in [6.45, 7) is 3.70. The lowest BCUT2D eigenvalue weighted by molar-refractivity contribution is -0.121. The highest BCUT2D eigenvalue weighted by Gasteiger charge is 2.07. The average molecular weight is 226 g/mol. The second-order valence-electron chi connectivity index (χ2n) is 4.25. The van der Waals surface area contributed by atoms with Gasteiger partial charge in [0, 0.05) is 18.4 Å². The third-order valence-electron chi connectivity index (χ3n) is 2.45. The molecule has 0 saturated carbocycles. The Bertz CT molecular complexity index is 352. The summed E-state index contributed by atoms with van der Waals surface area (Å²) in [6, 6.07) is 3.47. The molecule has 0 atom stereocenters. The van der Waals surface area contributed by atoms with Crippen LogP contribution in [0.2, 0.25) is 0 Å². The maximum absolute atomic E-state index is 12.8. The molecular weight excluding hydrogens is 210 g/mol. The second kappa shape index (κ2) is 5.73. The van der Waals surface area contributed by atoms with Crippen molar-refractivity contribution in [3.63, 3.8) is 0 Å². The van der Waals surface area contributed by atoms with Crippen LogP contribution < -0.4 is 0 Å². The van der Waals surface area contributed by atoms with Crippen LogP contribution in [0, 0.1) is 17.6 Å². The Morgan fingerprint density at radius 2 is 1.75 bits per heavy atom. The van der Waals surface area contributed by atoms with E-state index in [1.165, 1.54) is 12.1 Å². The number of hydrogen-bond donors (Lipinski definition) is 0. The predicted molar refractivity (Wildman–Crippen MR) is 59.1 cm³/mol. The fourth-order valence-corrected chi connectivity index (χ4v) is 1.51. The Balaban J connectivity index is 2.46. The molecule has 1 aromatic rings. The van der Waals surface area contributed by atoms with Crippen LogP contribution in [-0.2, 0) is 11.2 Å². The fourth-order valence-electron chi connectivity index (χ4n) is 1.51. The molecule has 3 heteroatoms. The third-order valence-corrected chi connectivity index (χ3v) is 2.45. The van der Waals surface area contributed by atoms with Gasteiger partial charge in [-0.15, -0.1) is 0 Å². The normalized spacial score (nSPS) is 10.8. The van der Waals surface area contributed by atoms with Gasteiger partial charge in [-0.05, 0) is 30.5 Å². The molecule has 0 aromatic heterocycles. The molecule has 0 aliphatic carbocycles. The molecule has 0 heterocycles. The van der Waals surface area contributed by atoms with Gasteiger partial charge in [0.15, 0.2) is 0 Å². The van der Waals surface area contributed by atoms with Crippen LogP contribution in [0.5, 0.6) is 0 Å². The van der Waals surface area contributed by atoms with Crippen LogP contribution in [0.4, 0.5) is 8.78 Å². The Labute approximate surface area is 94.5 Å². The van der Waals surface area contributed by atoms with Gasteiger partial charge >= 0.3 is 0 Å². The first-order valence-electron chi connectivity index (χ1n) is 5.46. The number of Topliss-reactive ketones (excluding diaryl/α,β-unsaturated/α-hetero) is 1. The van der Waals surface area contributed by atoms with Gasteiger partial charge in [0.1, 0.15) is 17.4 Å². The van der Waals surface area contributed by atoms with Crippen molar-refractivity contribution < 1.29 is 13.6 Å². The Hall–Kier alpha value is -1.25. The topological polar surface area (TPSA) is 17.1 Å². The highest BCUT2D eigenvalue weighted by Crippen LogP contribution is 2.12. The van der Waals surface area contributed by atoms with E-state index in [0.717, 1.165) is 6.07 Å². The minimum atomic E-state index is -0.565. The van der Waals surface area contributed by atoms with Gasteiger partial charge in [0.05, 0.1) is 0 Å². The summed E-state index contributed by atoms with van der Waals surface area (Å²) in [7, 11) is 0. The third kappa shape index (κ3) is 4.09. The van der Waals surface area contributed by atoms with Crippen molar-refractivity contribution in [2.24, 2.45) is 5.92 Å². The SMILES string of the molecule is CC(C)C(=O)CCCc1cc(F)cc(F)c1. The molecule has 0 bridgehead atoms. The summed E-state index contributed by atoms with van der Waals surface area (Å²) in [5, 5.41) is 0. The lowest BCUT2D eigenvalue weighted by Crippen LogP contribution is -2.06. The molecule has 0 radical (unpaired) electrons. The molecule has 0 fully saturated rings. The number of halogens is 2. The van der Waals surface area contributed by atoms with Gasteiger partial charge in [-0.1, -0.05) is 13.8 Å². The van der Waals surface area contributed by atoms with Gasteiger partial charge < -0.3 is 0 Å². The van der Waals surface area contributed by atoms with Crippen molar-refractivity contribution in [3.8, 4) is 0 Å². The maximum Gasteiger partial charge on any atom is 0.135 e. The fraction of sp³-hybridized carbons (Fsp3) is 0.462. The summed E-state index contributed by atoms with van der Waals surface area (Å²) in [5.41, 5.74) is 0.606. The Morgan fingerprint density at radius 1 is 1.19 bits per heavy atom. The minimum Gasteiger partial charge on any atom is -0.299 e. The van der Waals surface area contributed by atoms with E-state index in [1.54, 1.807) is 0 Å². The number of carbonyl (C=O) groups excluding carboxylic acids is 1. The molecule has 0 unspecified atom stereocenters. The standard InChI is InChI=1S/C13H16F2O/c1-9(2)13(16)5-3-4-10-6-11(14)8-12(15)7-10/h6-9H,3-5H2,1-2H3. The summed E-state index contributed by atoms with van der Waals surface area (Å²) >= 11 is 0. The first-order chi connectivity index (χ1) is 7.49. The number of rotatable bonds is 5. The number of aryl methyl sites for hydroxylation is 1. The number of hydrogen-bond acceptors (Lipinski definition) is 1. The number of carbonyl (C=O) groups is 1. The molecule has 0 spiro atoms. The summed E-state index contributed by atoms with van der Waals surface area (Å²) in [5.74, 6) is -0.906.